The first kappa shape index (κ1) is 81.7. The van der Waals surface area contributed by atoms with Gasteiger partial charge in [-0.15, -0.1) is 76.5 Å². The van der Waals surface area contributed by atoms with Gasteiger partial charge in [0.05, 0.1) is 25.7 Å². The van der Waals surface area contributed by atoms with E-state index >= 15 is 0 Å². The van der Waals surface area contributed by atoms with Crippen LogP contribution < -0.4 is 136 Å². The molecule has 0 unspecified atom stereocenters. The van der Waals surface area contributed by atoms with Gasteiger partial charge in [-0.3, -0.25) is 8.98 Å². The SMILES string of the molecule is C.[B]c1c([B])c(C(=O)NC)c([B])c([B])c1C.[B]c1c([B])c(C(=O)OC)c([B])c([B])c1C.[B]c1c([B])c(C)c([B])c([B])c1C.[B]c1c([B])c(CC)c([B])c([B])c1C.[B]c1c([B])c(COC)c([B])c([B])c1C.[B]c1c([B])c(S(=O)(=O)OC)c([B])c([B])c1C. The molecule has 33 heteroatoms. The van der Waals surface area contributed by atoms with Crippen molar-refractivity contribution in [2.45, 2.75) is 80.7 Å². The highest BCUT2D eigenvalue weighted by Gasteiger charge is 2.22. The number of nitrogens with one attached hydrogen (secondary N) is 1. The molecule has 6 rings (SSSR count). The van der Waals surface area contributed by atoms with E-state index in [1.54, 1.807) is 48.7 Å². The second-order valence-electron chi connectivity index (χ2n) is 18.8. The Kier molecular flexibility index (Phi) is 32.9. The first-order valence-corrected chi connectivity index (χ1v) is 26.3. The van der Waals surface area contributed by atoms with Crippen molar-refractivity contribution in [2.24, 2.45) is 0 Å². The van der Waals surface area contributed by atoms with Crippen molar-refractivity contribution in [3.8, 4) is 0 Å². The average molecular weight is 1100 g/mol. The Labute approximate surface area is 545 Å². The van der Waals surface area contributed by atoms with Gasteiger partial charge in [-0.25, -0.2) is 4.79 Å². The molecule has 382 valence electrons. The fourth-order valence-corrected chi connectivity index (χ4v) is 8.65. The zero-order valence-corrected chi connectivity index (χ0v) is 50.9. The Morgan fingerprint density at radius 2 is 0.581 bits per heavy atom. The van der Waals surface area contributed by atoms with Crippen LogP contribution in [0.3, 0.4) is 0 Å². The van der Waals surface area contributed by atoms with Crippen LogP contribution in [0.2, 0.25) is 0 Å². The van der Waals surface area contributed by atoms with Crippen LogP contribution in [0.15, 0.2) is 4.90 Å². The molecule has 48 radical (unpaired) electrons. The van der Waals surface area contributed by atoms with Crippen molar-refractivity contribution in [1.82, 2.24) is 5.32 Å². The van der Waals surface area contributed by atoms with Gasteiger partial charge in [-0.1, -0.05) is 113 Å². The van der Waals surface area contributed by atoms with Crippen LogP contribution in [-0.2, 0) is 36.8 Å². The van der Waals surface area contributed by atoms with E-state index in [1.165, 1.54) is 14.2 Å². The number of methoxy groups -OCH3 is 2. The summed E-state index contributed by atoms with van der Waals surface area (Å²) < 4.78 is 37.0. The number of amides is 1. The summed E-state index contributed by atoms with van der Waals surface area (Å²) in [5.74, 6) is -1.05. The summed E-state index contributed by atoms with van der Waals surface area (Å²) in [6, 6.07) is 0. The van der Waals surface area contributed by atoms with E-state index in [1.807, 2.05) is 13.8 Å². The van der Waals surface area contributed by atoms with Gasteiger partial charge in [0.25, 0.3) is 10.1 Å². The molecule has 0 aliphatic heterocycles. The third-order valence-corrected chi connectivity index (χ3v) is 15.3. The molecule has 0 saturated carbocycles. The maximum atomic E-state index is 11.6. The van der Waals surface area contributed by atoms with Crippen molar-refractivity contribution >= 4 is 341 Å². The first-order chi connectivity index (χ1) is 39.0. The second kappa shape index (κ2) is 34.6. The lowest BCUT2D eigenvalue weighted by Crippen LogP contribution is -2.49. The number of ether oxygens (including phenoxy) is 2. The summed E-state index contributed by atoms with van der Waals surface area (Å²) in [6.45, 7) is 14.5. The smallest absolute Gasteiger partial charge is 0.336 e. The number of hydrogen-bond acceptors (Lipinski definition) is 7. The molecule has 0 aliphatic carbocycles. The molecule has 0 saturated heterocycles. The van der Waals surface area contributed by atoms with Gasteiger partial charge < -0.3 is 14.8 Å². The van der Waals surface area contributed by atoms with Crippen LogP contribution in [0.25, 0.3) is 0 Å². The minimum atomic E-state index is -4.03. The van der Waals surface area contributed by atoms with Crippen LogP contribution in [0.5, 0.6) is 0 Å². The van der Waals surface area contributed by atoms with Crippen molar-refractivity contribution < 1.29 is 31.7 Å². The zero-order valence-electron chi connectivity index (χ0n) is 50.0. The van der Waals surface area contributed by atoms with Gasteiger partial charge >= 0.3 is 5.97 Å². The summed E-state index contributed by atoms with van der Waals surface area (Å²) in [5, 5.41) is 2.43. The molecule has 0 heterocycles. The molecule has 1 N–H and O–H groups in total. The molecular weight excluding hydrogens is 1050 g/mol. The molecule has 8 nitrogen and oxygen atoms in total. The molecule has 86 heavy (non-hydrogen) atoms. The van der Waals surface area contributed by atoms with Crippen LogP contribution >= 0.6 is 0 Å². The van der Waals surface area contributed by atoms with Gasteiger partial charge in [-0.05, 0) is 60.5 Å². The Hall–Kier alpha value is -4.31. The minimum absolute atomic E-state index is 0. The molecule has 0 fully saturated rings. The molecule has 6 aromatic rings. The Bertz CT molecular complexity index is 3320. The monoisotopic (exact) mass is 1100 g/mol. The lowest BCUT2D eigenvalue weighted by Gasteiger charge is -2.19. The van der Waals surface area contributed by atoms with Crippen LogP contribution in [0.4, 0.5) is 0 Å². The van der Waals surface area contributed by atoms with E-state index in [4.69, 9.17) is 193 Å². The third kappa shape index (κ3) is 18.0. The summed E-state index contributed by atoms with van der Waals surface area (Å²) in [4.78, 5) is 22.5. The van der Waals surface area contributed by atoms with Crippen molar-refractivity contribution in [3.05, 3.63) is 61.2 Å². The van der Waals surface area contributed by atoms with Gasteiger partial charge in [0, 0.05) is 25.3 Å². The number of benzene rings is 6. The van der Waals surface area contributed by atoms with E-state index in [0.29, 0.717) is 105 Å². The van der Waals surface area contributed by atoms with Crippen LogP contribution in [0, 0.1) is 48.5 Å². The topological polar surface area (TPSA) is 108 Å². The number of carbonyl (C=O) groups excluding carboxylic acids is 2. The Morgan fingerprint density at radius 1 is 0.360 bits per heavy atom. The molecule has 0 atom stereocenters. The van der Waals surface area contributed by atoms with Gasteiger partial charge in [-0.2, -0.15) is 8.42 Å². The average Bonchev–Trinajstić information content (AvgIpc) is 1.53. The highest BCUT2D eigenvalue weighted by atomic mass is 32.2. The summed E-state index contributed by atoms with van der Waals surface area (Å²) in [7, 11) is 138. The quantitative estimate of drug-likeness (QED) is 0.0964. The van der Waals surface area contributed by atoms with E-state index < -0.39 is 22.0 Å². The molecule has 0 aliphatic rings. The lowest BCUT2D eigenvalue weighted by molar-refractivity contribution is 0.0603. The van der Waals surface area contributed by atoms with Crippen molar-refractivity contribution in [1.29, 1.82) is 0 Å². The lowest BCUT2D eigenvalue weighted by atomic mass is 9.64. The fourth-order valence-electron chi connectivity index (χ4n) is 7.73. The second-order valence-corrected chi connectivity index (χ2v) is 20.5. The molecule has 0 bridgehead atoms. The first-order valence-electron chi connectivity index (χ1n) is 24.9. The molecule has 0 aromatic heterocycles. The van der Waals surface area contributed by atoms with E-state index in [-0.39, 0.29) is 78.1 Å². The standard InChI is InChI=1S/C9H7B4NO.C9H6B4O2.C9H8B4O.C9H8B4.C8H6B4O3S.C8H6B4.CH4/c1-3-5(10)7(12)4(9(15)14-2)8(13)6(3)11;1-3-5(10)7(12)4(9(14)15-2)8(13)6(3)11;1-4-6(10)8(12)5(3-14-2)9(13)7(4)11;1-3-5-8(12)6(10)4(2)7(11)9(5)13;1-3-4(9)6(11)8(7(12)5(3)10)16(13,14)15-2;1-3-5(9)7(11)4(2)8(12)6(3)10;/h1-2H3,(H,14,15);1-2H3;3H2,1-2H3;3H2,1-2H3;1-2H3;1-2H3;1H4. The Morgan fingerprint density at radius 3 is 0.802 bits per heavy atom. The van der Waals surface area contributed by atoms with Gasteiger partial charge in [0.2, 0.25) is 5.91 Å². The normalized spacial score (nSPS) is 10.3. The highest BCUT2D eigenvalue weighted by Crippen LogP contribution is 2.04. The summed E-state index contributed by atoms with van der Waals surface area (Å²) >= 11 is 0. The molecule has 1 amide bonds. The van der Waals surface area contributed by atoms with Gasteiger partial charge in [0.15, 0.2) is 0 Å². The maximum absolute atomic E-state index is 11.6. The highest BCUT2D eigenvalue weighted by molar-refractivity contribution is 7.87. The van der Waals surface area contributed by atoms with E-state index in [9.17, 15) is 18.0 Å². The van der Waals surface area contributed by atoms with Crippen LogP contribution in [-0.4, -0.2) is 237 Å². The summed E-state index contributed by atoms with van der Waals surface area (Å²) in [5.41, 5.74) is 14.0. The number of esters is 1. The van der Waals surface area contributed by atoms with E-state index in [0.717, 1.165) is 41.3 Å². The third-order valence-electron chi connectivity index (χ3n) is 14.0. The number of carbonyl (C=O) groups is 2. The van der Waals surface area contributed by atoms with Gasteiger partial charge in [0.1, 0.15) is 188 Å². The fraction of sp³-hybridized carbons (Fsp3) is 0.283. The minimum Gasteiger partial charge on any atom is -0.465 e. The zero-order chi connectivity index (χ0) is 66.7. The largest absolute Gasteiger partial charge is 0.465 e. The van der Waals surface area contributed by atoms with Crippen molar-refractivity contribution in [2.75, 3.05) is 28.4 Å². The maximum Gasteiger partial charge on any atom is 0.336 e. The Balaban J connectivity index is 0.00000101. The predicted octanol–water partition coefficient (Wildman–Crippen LogP) is -16.8. The van der Waals surface area contributed by atoms with E-state index in [2.05, 4.69) is 14.2 Å². The van der Waals surface area contributed by atoms with Crippen molar-refractivity contribution in [3.63, 3.8) is 0 Å². The summed E-state index contributed by atoms with van der Waals surface area (Å²) in [6.07, 6.45) is 0.742. The van der Waals surface area contributed by atoms with Crippen LogP contribution in [0.1, 0.15) is 85.1 Å². The molecular formula is C53H45B24NO7S. The molecule has 6 aromatic carbocycles. The molecule has 0 spiro atoms. The number of rotatable bonds is 7. The number of hydrogen-bond donors (Lipinski definition) is 1. The predicted molar refractivity (Wildman–Crippen MR) is 387 cm³/mol.